The molecule has 0 saturated heterocycles. The molecule has 168 valence electrons. The lowest BCUT2D eigenvalue weighted by atomic mass is 10.2. The molecule has 2 aromatic rings. The van der Waals surface area contributed by atoms with E-state index >= 15 is 0 Å². The summed E-state index contributed by atoms with van der Waals surface area (Å²) >= 11 is 0. The number of nitrogens with one attached hydrogen (secondary N) is 1. The largest absolute Gasteiger partial charge is 0.504 e. The first-order valence-corrected chi connectivity index (χ1v) is 10.6. The molecule has 0 fully saturated rings. The molecule has 2 aromatic carbocycles. The summed E-state index contributed by atoms with van der Waals surface area (Å²) in [5.41, 5.74) is 2.56. The van der Waals surface area contributed by atoms with Crippen molar-refractivity contribution in [3.8, 4) is 23.0 Å². The molecule has 2 rings (SSSR count). The molecule has 0 bridgehead atoms. The van der Waals surface area contributed by atoms with Gasteiger partial charge in [-0.1, -0.05) is 6.07 Å². The number of ether oxygens (including phenoxy) is 3. The number of phenolic OH excluding ortho intramolecular Hbond substituents is 1. The van der Waals surface area contributed by atoms with Crippen LogP contribution < -0.4 is 19.6 Å². The number of rotatable bonds is 10. The number of phenols is 1. The summed E-state index contributed by atoms with van der Waals surface area (Å²) in [6.07, 6.45) is 1.23. The second-order valence-corrected chi connectivity index (χ2v) is 8.21. The van der Waals surface area contributed by atoms with Crippen molar-refractivity contribution < 1.29 is 32.5 Å². The molecule has 0 radical (unpaired) electrons. The third-order valence-corrected chi connectivity index (χ3v) is 5.97. The van der Waals surface area contributed by atoms with E-state index in [-0.39, 0.29) is 22.1 Å². The molecule has 31 heavy (non-hydrogen) atoms. The Morgan fingerprint density at radius 3 is 2.58 bits per heavy atom. The number of carbonyl (C=O) groups excluding carboxylic acids is 1. The van der Waals surface area contributed by atoms with Gasteiger partial charge in [0, 0.05) is 18.7 Å². The number of carbonyl (C=O) groups is 1. The van der Waals surface area contributed by atoms with E-state index in [9.17, 15) is 18.3 Å². The molecule has 0 aliphatic carbocycles. The highest BCUT2D eigenvalue weighted by Crippen LogP contribution is 2.30. The minimum Gasteiger partial charge on any atom is -0.504 e. The van der Waals surface area contributed by atoms with E-state index in [1.807, 2.05) is 0 Å². The lowest BCUT2D eigenvalue weighted by Crippen LogP contribution is -2.36. The van der Waals surface area contributed by atoms with Gasteiger partial charge in [-0.3, -0.25) is 4.79 Å². The number of aromatic hydroxyl groups is 1. The summed E-state index contributed by atoms with van der Waals surface area (Å²) in [7, 11) is -0.0299. The van der Waals surface area contributed by atoms with Crippen LogP contribution in [-0.2, 0) is 14.8 Å². The van der Waals surface area contributed by atoms with Crippen LogP contribution in [0.2, 0.25) is 0 Å². The summed E-state index contributed by atoms with van der Waals surface area (Å²) < 4.78 is 42.1. The molecule has 1 amide bonds. The molecule has 11 heteroatoms. The van der Waals surface area contributed by atoms with Crippen LogP contribution in [0.4, 0.5) is 0 Å². The van der Waals surface area contributed by atoms with Gasteiger partial charge in [0.15, 0.2) is 11.5 Å². The predicted octanol–water partition coefficient (Wildman–Crippen LogP) is 1.58. The number of hydrogen-bond donors (Lipinski definition) is 2. The van der Waals surface area contributed by atoms with Gasteiger partial charge in [-0.15, -0.1) is 0 Å². The quantitative estimate of drug-likeness (QED) is 0.415. The second-order valence-electron chi connectivity index (χ2n) is 6.20. The van der Waals surface area contributed by atoms with Crippen molar-refractivity contribution in [1.82, 2.24) is 9.73 Å². The van der Waals surface area contributed by atoms with E-state index in [0.717, 1.165) is 4.31 Å². The maximum absolute atomic E-state index is 12.9. The van der Waals surface area contributed by atoms with Gasteiger partial charge in [0.1, 0.15) is 16.4 Å². The highest BCUT2D eigenvalue weighted by atomic mass is 32.2. The normalized spacial score (nSPS) is 11.5. The Labute approximate surface area is 181 Å². The third-order valence-electron chi connectivity index (χ3n) is 4.15. The van der Waals surface area contributed by atoms with Crippen molar-refractivity contribution in [1.29, 1.82) is 0 Å². The molecule has 0 aliphatic rings. The van der Waals surface area contributed by atoms with Gasteiger partial charge in [0.05, 0.1) is 33.6 Å². The fraction of sp³-hybridized carbons (Fsp3) is 0.300. The van der Waals surface area contributed by atoms with Crippen LogP contribution in [0.15, 0.2) is 46.4 Å². The number of benzene rings is 2. The minimum atomic E-state index is -4.05. The van der Waals surface area contributed by atoms with Crippen molar-refractivity contribution in [2.75, 3.05) is 34.4 Å². The molecular formula is C20H25N3O7S. The summed E-state index contributed by atoms with van der Waals surface area (Å²) in [5, 5.41) is 13.9. The first kappa shape index (κ1) is 24.0. The Morgan fingerprint density at radius 1 is 1.19 bits per heavy atom. The van der Waals surface area contributed by atoms with Gasteiger partial charge in [0.2, 0.25) is 10.0 Å². The van der Waals surface area contributed by atoms with Gasteiger partial charge < -0.3 is 19.3 Å². The number of likely N-dealkylation sites (N-methyl/N-ethyl adjacent to an activating group) is 1. The number of sulfonamides is 1. The van der Waals surface area contributed by atoms with Gasteiger partial charge in [-0.25, -0.2) is 13.8 Å². The number of nitrogens with zero attached hydrogens (tertiary/aromatic N) is 2. The van der Waals surface area contributed by atoms with Crippen molar-refractivity contribution in [3.05, 3.63) is 42.0 Å². The standard InChI is InChI=1S/C20H25N3O7S/c1-5-30-17-8-6-7-14(20(17)25)12-21-22-19(24)13-23(2)31(26,27)18-11-15(28-3)9-10-16(18)29-4/h6-12,25H,5,13H2,1-4H3,(H,22,24)/b21-12+. The third kappa shape index (κ3) is 5.86. The number of para-hydroxylation sites is 1. The summed E-state index contributed by atoms with van der Waals surface area (Å²) in [5.74, 6) is -0.0562. The molecule has 2 N–H and O–H groups in total. The van der Waals surface area contributed by atoms with Gasteiger partial charge in [-0.2, -0.15) is 9.41 Å². The molecule has 0 unspecified atom stereocenters. The fourth-order valence-electron chi connectivity index (χ4n) is 2.57. The van der Waals surface area contributed by atoms with Crippen molar-refractivity contribution in [2.45, 2.75) is 11.8 Å². The number of hydrogen-bond acceptors (Lipinski definition) is 8. The number of hydrazone groups is 1. The zero-order valence-electron chi connectivity index (χ0n) is 17.7. The van der Waals surface area contributed by atoms with Crippen molar-refractivity contribution in [3.63, 3.8) is 0 Å². The average molecular weight is 452 g/mol. The maximum atomic E-state index is 12.9. The molecule has 0 aromatic heterocycles. The Bertz CT molecular complexity index is 1050. The van der Waals surface area contributed by atoms with Crippen LogP contribution in [-0.4, -0.2) is 64.4 Å². The van der Waals surface area contributed by atoms with Crippen LogP contribution in [0, 0.1) is 0 Å². The summed E-state index contributed by atoms with van der Waals surface area (Å²) in [6, 6.07) is 9.19. The Kier molecular flexibility index (Phi) is 8.22. The van der Waals surface area contributed by atoms with E-state index in [1.54, 1.807) is 31.2 Å². The van der Waals surface area contributed by atoms with E-state index in [4.69, 9.17) is 14.2 Å². The summed E-state index contributed by atoms with van der Waals surface area (Å²) in [4.78, 5) is 12.0. The molecule has 0 heterocycles. The van der Waals surface area contributed by atoms with Gasteiger partial charge in [-0.05, 0) is 31.2 Å². The van der Waals surface area contributed by atoms with Crippen LogP contribution in [0.1, 0.15) is 12.5 Å². The maximum Gasteiger partial charge on any atom is 0.255 e. The fourth-order valence-corrected chi connectivity index (χ4v) is 3.86. The smallest absolute Gasteiger partial charge is 0.255 e. The lowest BCUT2D eigenvalue weighted by molar-refractivity contribution is -0.121. The molecule has 0 saturated carbocycles. The second kappa shape index (κ2) is 10.6. The monoisotopic (exact) mass is 451 g/mol. The number of methoxy groups -OCH3 is 2. The highest BCUT2D eigenvalue weighted by molar-refractivity contribution is 7.89. The molecule has 0 aliphatic heterocycles. The van der Waals surface area contributed by atoms with Crippen molar-refractivity contribution >= 4 is 22.1 Å². The lowest BCUT2D eigenvalue weighted by Gasteiger charge is -2.18. The Balaban J connectivity index is 2.09. The topological polar surface area (TPSA) is 127 Å². The first-order chi connectivity index (χ1) is 14.7. The van der Waals surface area contributed by atoms with E-state index in [0.29, 0.717) is 17.9 Å². The predicted molar refractivity (Wildman–Crippen MR) is 114 cm³/mol. The molecule has 0 atom stereocenters. The first-order valence-electron chi connectivity index (χ1n) is 9.19. The zero-order chi connectivity index (χ0) is 23.0. The average Bonchev–Trinajstić information content (AvgIpc) is 2.75. The minimum absolute atomic E-state index is 0.118. The van der Waals surface area contributed by atoms with Gasteiger partial charge >= 0.3 is 0 Å². The molecule has 0 spiro atoms. The van der Waals surface area contributed by atoms with Crippen LogP contribution in [0.25, 0.3) is 0 Å². The van der Waals surface area contributed by atoms with Crippen LogP contribution in [0.5, 0.6) is 23.0 Å². The van der Waals surface area contributed by atoms with Gasteiger partial charge in [0.25, 0.3) is 5.91 Å². The molecule has 10 nitrogen and oxygen atoms in total. The van der Waals surface area contributed by atoms with E-state index in [2.05, 4.69) is 10.5 Å². The van der Waals surface area contributed by atoms with E-state index in [1.165, 1.54) is 39.6 Å². The number of amides is 1. The van der Waals surface area contributed by atoms with Crippen LogP contribution >= 0.6 is 0 Å². The SMILES string of the molecule is CCOc1cccc(/C=N/NC(=O)CN(C)S(=O)(=O)c2cc(OC)ccc2OC)c1O. The Morgan fingerprint density at radius 2 is 1.94 bits per heavy atom. The van der Waals surface area contributed by atoms with Crippen LogP contribution in [0.3, 0.4) is 0 Å². The summed E-state index contributed by atoms with van der Waals surface area (Å²) in [6.45, 7) is 1.67. The van der Waals surface area contributed by atoms with Crippen molar-refractivity contribution in [2.24, 2.45) is 5.10 Å². The molecular weight excluding hydrogens is 426 g/mol. The van der Waals surface area contributed by atoms with E-state index < -0.39 is 22.5 Å². The zero-order valence-corrected chi connectivity index (χ0v) is 18.5. The highest BCUT2D eigenvalue weighted by Gasteiger charge is 2.27. The Hall–Kier alpha value is -3.31.